The fraction of sp³-hybridized carbons (Fsp3) is 0.143. The van der Waals surface area contributed by atoms with E-state index in [2.05, 4.69) is 10.2 Å². The van der Waals surface area contributed by atoms with Crippen LogP contribution >= 0.6 is 0 Å². The SMILES string of the molecule is CCOc1cccc(-n2nc3ccc(N)cc3n2)c1. The Hall–Kier alpha value is -2.56. The maximum atomic E-state index is 5.74. The Balaban J connectivity index is 2.05. The summed E-state index contributed by atoms with van der Waals surface area (Å²) in [5, 5.41) is 8.83. The number of fused-ring (bicyclic) bond motifs is 1. The summed E-state index contributed by atoms with van der Waals surface area (Å²) in [6.45, 7) is 2.59. The van der Waals surface area contributed by atoms with Gasteiger partial charge in [-0.15, -0.1) is 10.2 Å². The van der Waals surface area contributed by atoms with E-state index in [1.54, 1.807) is 4.80 Å². The number of aromatic nitrogens is 3. The van der Waals surface area contributed by atoms with Crippen LogP contribution in [0, 0.1) is 0 Å². The van der Waals surface area contributed by atoms with Gasteiger partial charge in [-0.1, -0.05) is 6.07 Å². The topological polar surface area (TPSA) is 66.0 Å². The summed E-state index contributed by atoms with van der Waals surface area (Å²) in [5.41, 5.74) is 8.88. The largest absolute Gasteiger partial charge is 0.494 e. The Morgan fingerprint density at radius 3 is 2.79 bits per heavy atom. The van der Waals surface area contributed by atoms with Crippen LogP contribution in [0.5, 0.6) is 5.75 Å². The Morgan fingerprint density at radius 1 is 1.11 bits per heavy atom. The van der Waals surface area contributed by atoms with Gasteiger partial charge >= 0.3 is 0 Å². The second-order valence-corrected chi connectivity index (χ2v) is 4.17. The number of anilines is 1. The van der Waals surface area contributed by atoms with Crippen LogP contribution in [0.2, 0.25) is 0 Å². The first-order valence-corrected chi connectivity index (χ1v) is 6.12. The predicted octanol–water partition coefficient (Wildman–Crippen LogP) is 2.40. The van der Waals surface area contributed by atoms with E-state index in [0.29, 0.717) is 12.3 Å². The standard InChI is InChI=1S/C14H14N4O/c1-2-19-12-5-3-4-11(9-12)18-16-13-7-6-10(15)8-14(13)17-18/h3-9H,2,15H2,1H3. The molecule has 0 amide bonds. The zero-order chi connectivity index (χ0) is 13.2. The van der Waals surface area contributed by atoms with E-state index in [0.717, 1.165) is 22.5 Å². The first-order chi connectivity index (χ1) is 9.26. The third-order valence-corrected chi connectivity index (χ3v) is 2.76. The van der Waals surface area contributed by atoms with Gasteiger partial charge in [0, 0.05) is 11.8 Å². The zero-order valence-electron chi connectivity index (χ0n) is 10.6. The first-order valence-electron chi connectivity index (χ1n) is 6.12. The van der Waals surface area contributed by atoms with Gasteiger partial charge in [-0.25, -0.2) is 0 Å². The predicted molar refractivity (Wildman–Crippen MR) is 74.4 cm³/mol. The number of nitrogen functional groups attached to an aromatic ring is 1. The molecule has 3 aromatic rings. The number of rotatable bonds is 3. The van der Waals surface area contributed by atoms with E-state index in [9.17, 15) is 0 Å². The summed E-state index contributed by atoms with van der Waals surface area (Å²) in [7, 11) is 0. The van der Waals surface area contributed by atoms with Crippen LogP contribution in [0.4, 0.5) is 5.69 Å². The minimum absolute atomic E-state index is 0.633. The molecule has 0 bridgehead atoms. The second-order valence-electron chi connectivity index (χ2n) is 4.17. The van der Waals surface area contributed by atoms with Crippen molar-refractivity contribution < 1.29 is 4.74 Å². The third kappa shape index (κ3) is 2.22. The van der Waals surface area contributed by atoms with Crippen molar-refractivity contribution in [2.45, 2.75) is 6.92 Å². The highest BCUT2D eigenvalue weighted by Gasteiger charge is 2.05. The lowest BCUT2D eigenvalue weighted by molar-refractivity contribution is 0.340. The van der Waals surface area contributed by atoms with Crippen LogP contribution < -0.4 is 10.5 Å². The Kier molecular flexibility index (Phi) is 2.79. The van der Waals surface area contributed by atoms with Crippen LogP contribution in [0.3, 0.4) is 0 Å². The van der Waals surface area contributed by atoms with Gasteiger partial charge in [0.1, 0.15) is 16.8 Å². The number of hydrogen-bond acceptors (Lipinski definition) is 4. The molecule has 0 aliphatic rings. The van der Waals surface area contributed by atoms with E-state index in [-0.39, 0.29) is 0 Å². The van der Waals surface area contributed by atoms with Crippen molar-refractivity contribution in [3.63, 3.8) is 0 Å². The molecule has 0 spiro atoms. The van der Waals surface area contributed by atoms with Crippen molar-refractivity contribution in [3.05, 3.63) is 42.5 Å². The Morgan fingerprint density at radius 2 is 1.95 bits per heavy atom. The number of hydrogen-bond donors (Lipinski definition) is 1. The van der Waals surface area contributed by atoms with Crippen LogP contribution in [0.1, 0.15) is 6.92 Å². The van der Waals surface area contributed by atoms with Gasteiger partial charge in [0.05, 0.1) is 12.3 Å². The van der Waals surface area contributed by atoms with E-state index in [1.807, 2.05) is 49.4 Å². The van der Waals surface area contributed by atoms with Crippen molar-refractivity contribution in [2.24, 2.45) is 0 Å². The lowest BCUT2D eigenvalue weighted by atomic mass is 10.3. The highest BCUT2D eigenvalue weighted by Crippen LogP contribution is 2.18. The number of nitrogens with zero attached hydrogens (tertiary/aromatic N) is 3. The fourth-order valence-corrected chi connectivity index (χ4v) is 1.91. The molecule has 0 radical (unpaired) electrons. The normalized spacial score (nSPS) is 10.8. The lowest BCUT2D eigenvalue weighted by Crippen LogP contribution is -1.99. The summed E-state index contributed by atoms with van der Waals surface area (Å²) in [6, 6.07) is 13.2. The molecular weight excluding hydrogens is 240 g/mol. The smallest absolute Gasteiger partial charge is 0.121 e. The number of ether oxygens (including phenoxy) is 1. The van der Waals surface area contributed by atoms with Crippen LogP contribution in [-0.4, -0.2) is 21.6 Å². The van der Waals surface area contributed by atoms with Crippen molar-refractivity contribution >= 4 is 16.7 Å². The average molecular weight is 254 g/mol. The molecule has 2 N–H and O–H groups in total. The highest BCUT2D eigenvalue weighted by atomic mass is 16.5. The molecule has 0 saturated heterocycles. The molecule has 5 nitrogen and oxygen atoms in total. The van der Waals surface area contributed by atoms with Gasteiger partial charge in [-0.05, 0) is 37.3 Å². The molecule has 0 aliphatic carbocycles. The highest BCUT2D eigenvalue weighted by molar-refractivity contribution is 5.77. The fourth-order valence-electron chi connectivity index (χ4n) is 1.91. The molecule has 0 fully saturated rings. The Bertz CT molecular complexity index is 720. The first kappa shape index (κ1) is 11.5. The van der Waals surface area contributed by atoms with Crippen molar-refractivity contribution in [2.75, 3.05) is 12.3 Å². The molecule has 3 rings (SSSR count). The minimum atomic E-state index is 0.633. The molecule has 0 atom stereocenters. The van der Waals surface area contributed by atoms with E-state index in [4.69, 9.17) is 10.5 Å². The molecule has 1 heterocycles. The third-order valence-electron chi connectivity index (χ3n) is 2.76. The minimum Gasteiger partial charge on any atom is -0.494 e. The molecule has 2 aromatic carbocycles. The van der Waals surface area contributed by atoms with Gasteiger partial charge in [-0.2, -0.15) is 4.80 Å². The molecular formula is C14H14N4O. The van der Waals surface area contributed by atoms with Crippen molar-refractivity contribution in [3.8, 4) is 11.4 Å². The van der Waals surface area contributed by atoms with Crippen molar-refractivity contribution in [1.82, 2.24) is 15.0 Å². The summed E-state index contributed by atoms with van der Waals surface area (Å²) in [5.74, 6) is 0.806. The second kappa shape index (κ2) is 4.61. The van der Waals surface area contributed by atoms with Crippen LogP contribution in [0.15, 0.2) is 42.5 Å². The summed E-state index contributed by atoms with van der Waals surface area (Å²) < 4.78 is 5.47. The van der Waals surface area contributed by atoms with Crippen molar-refractivity contribution in [1.29, 1.82) is 0 Å². The quantitative estimate of drug-likeness (QED) is 0.729. The number of benzene rings is 2. The lowest BCUT2D eigenvalue weighted by Gasteiger charge is -2.04. The molecule has 5 heteroatoms. The van der Waals surface area contributed by atoms with Gasteiger partial charge in [0.15, 0.2) is 0 Å². The molecule has 96 valence electrons. The molecule has 1 aromatic heterocycles. The maximum absolute atomic E-state index is 5.74. The van der Waals surface area contributed by atoms with E-state index >= 15 is 0 Å². The summed E-state index contributed by atoms with van der Waals surface area (Å²) >= 11 is 0. The molecule has 19 heavy (non-hydrogen) atoms. The summed E-state index contributed by atoms with van der Waals surface area (Å²) in [6.07, 6.45) is 0. The molecule has 0 unspecified atom stereocenters. The van der Waals surface area contributed by atoms with Gasteiger partial charge in [-0.3, -0.25) is 0 Å². The molecule has 0 saturated carbocycles. The van der Waals surface area contributed by atoms with E-state index in [1.165, 1.54) is 0 Å². The Labute approximate surface area is 110 Å². The van der Waals surface area contributed by atoms with Gasteiger partial charge < -0.3 is 10.5 Å². The summed E-state index contributed by atoms with van der Waals surface area (Å²) in [4.78, 5) is 1.59. The number of nitrogens with two attached hydrogens (primary N) is 1. The van der Waals surface area contributed by atoms with Gasteiger partial charge in [0.2, 0.25) is 0 Å². The monoisotopic (exact) mass is 254 g/mol. The van der Waals surface area contributed by atoms with Gasteiger partial charge in [0.25, 0.3) is 0 Å². The van der Waals surface area contributed by atoms with Crippen LogP contribution in [0.25, 0.3) is 16.7 Å². The zero-order valence-corrected chi connectivity index (χ0v) is 10.6. The average Bonchev–Trinajstić information content (AvgIpc) is 2.82. The molecule has 0 aliphatic heterocycles. The van der Waals surface area contributed by atoms with Crippen LogP contribution in [-0.2, 0) is 0 Å². The maximum Gasteiger partial charge on any atom is 0.121 e. The van der Waals surface area contributed by atoms with E-state index < -0.39 is 0 Å².